The van der Waals surface area contributed by atoms with Crippen LogP contribution >= 0.6 is 0 Å². The summed E-state index contributed by atoms with van der Waals surface area (Å²) in [7, 11) is 0. The van der Waals surface area contributed by atoms with Crippen LogP contribution < -0.4 is 4.74 Å². The first-order valence-corrected chi connectivity index (χ1v) is 5.15. The second-order valence-corrected chi connectivity index (χ2v) is 3.62. The highest BCUT2D eigenvalue weighted by Crippen LogP contribution is 2.29. The van der Waals surface area contributed by atoms with Gasteiger partial charge in [-0.25, -0.2) is 8.78 Å². The Morgan fingerprint density at radius 3 is 2.50 bits per heavy atom. The highest BCUT2D eigenvalue weighted by molar-refractivity contribution is 5.75. The van der Waals surface area contributed by atoms with Gasteiger partial charge in [-0.05, 0) is 31.2 Å². The molecule has 0 spiro atoms. The van der Waals surface area contributed by atoms with Crippen LogP contribution in [0.25, 0.3) is 0 Å². The first kappa shape index (κ1) is 12.2. The standard InChI is InChI=1S/C13H9F2NO2/c1-8-12(3-2-4-16-8)18-13-10(14)5-9(7-17)6-11(13)15/h2-7H,1H3. The molecule has 0 aliphatic heterocycles. The van der Waals surface area contributed by atoms with E-state index in [1.807, 2.05) is 0 Å². The number of hydrogen-bond donors (Lipinski definition) is 0. The van der Waals surface area contributed by atoms with Crippen LogP contribution in [0.3, 0.4) is 0 Å². The van der Waals surface area contributed by atoms with Crippen molar-refractivity contribution >= 4 is 6.29 Å². The monoisotopic (exact) mass is 249 g/mol. The normalized spacial score (nSPS) is 10.2. The third kappa shape index (κ3) is 2.34. The zero-order chi connectivity index (χ0) is 13.1. The van der Waals surface area contributed by atoms with E-state index >= 15 is 0 Å². The van der Waals surface area contributed by atoms with E-state index in [0.29, 0.717) is 12.0 Å². The highest BCUT2D eigenvalue weighted by atomic mass is 19.1. The number of aryl methyl sites for hydroxylation is 1. The van der Waals surface area contributed by atoms with Crippen molar-refractivity contribution in [1.29, 1.82) is 0 Å². The van der Waals surface area contributed by atoms with Crippen molar-refractivity contribution in [2.45, 2.75) is 6.92 Å². The first-order valence-electron chi connectivity index (χ1n) is 5.15. The Kier molecular flexibility index (Phi) is 3.32. The van der Waals surface area contributed by atoms with Gasteiger partial charge in [0.1, 0.15) is 12.0 Å². The van der Waals surface area contributed by atoms with E-state index in [-0.39, 0.29) is 11.3 Å². The van der Waals surface area contributed by atoms with Gasteiger partial charge >= 0.3 is 0 Å². The molecule has 0 saturated heterocycles. The lowest BCUT2D eigenvalue weighted by Crippen LogP contribution is -1.97. The quantitative estimate of drug-likeness (QED) is 0.783. The van der Waals surface area contributed by atoms with E-state index in [0.717, 1.165) is 12.1 Å². The van der Waals surface area contributed by atoms with Crippen molar-refractivity contribution in [3.63, 3.8) is 0 Å². The summed E-state index contributed by atoms with van der Waals surface area (Å²) >= 11 is 0. The van der Waals surface area contributed by atoms with Crippen molar-refractivity contribution in [2.75, 3.05) is 0 Å². The zero-order valence-corrected chi connectivity index (χ0v) is 9.48. The van der Waals surface area contributed by atoms with E-state index in [1.54, 1.807) is 25.3 Å². The average Bonchev–Trinajstić information content (AvgIpc) is 2.35. The van der Waals surface area contributed by atoms with Crippen molar-refractivity contribution in [3.05, 3.63) is 53.4 Å². The Labute approximate surface area is 102 Å². The molecule has 0 atom stereocenters. The van der Waals surface area contributed by atoms with E-state index in [9.17, 15) is 13.6 Å². The van der Waals surface area contributed by atoms with Crippen LogP contribution in [-0.2, 0) is 0 Å². The lowest BCUT2D eigenvalue weighted by Gasteiger charge is -2.09. The van der Waals surface area contributed by atoms with Gasteiger partial charge in [0.25, 0.3) is 0 Å². The Morgan fingerprint density at radius 1 is 1.28 bits per heavy atom. The molecule has 0 bridgehead atoms. The van der Waals surface area contributed by atoms with Crippen LogP contribution in [0.2, 0.25) is 0 Å². The number of hydrogen-bond acceptors (Lipinski definition) is 3. The molecule has 1 aromatic carbocycles. The summed E-state index contributed by atoms with van der Waals surface area (Å²) in [6.45, 7) is 1.66. The van der Waals surface area contributed by atoms with E-state index in [4.69, 9.17) is 4.74 Å². The molecule has 0 saturated carbocycles. The molecular formula is C13H9F2NO2. The fourth-order valence-electron chi connectivity index (χ4n) is 1.43. The van der Waals surface area contributed by atoms with Gasteiger partial charge in [0, 0.05) is 11.8 Å². The number of halogens is 2. The number of carbonyl (C=O) groups excluding carboxylic acids is 1. The van der Waals surface area contributed by atoms with Gasteiger partial charge in [0.05, 0.1) is 5.69 Å². The summed E-state index contributed by atoms with van der Waals surface area (Å²) in [5, 5.41) is 0. The van der Waals surface area contributed by atoms with Crippen LogP contribution in [0.4, 0.5) is 8.78 Å². The van der Waals surface area contributed by atoms with Crippen LogP contribution in [0.5, 0.6) is 11.5 Å². The summed E-state index contributed by atoms with van der Waals surface area (Å²) in [5.41, 5.74) is 0.427. The fraction of sp³-hybridized carbons (Fsp3) is 0.0769. The molecule has 0 aliphatic rings. The SMILES string of the molecule is Cc1ncccc1Oc1c(F)cc(C=O)cc1F. The second-order valence-electron chi connectivity index (χ2n) is 3.62. The molecule has 0 N–H and O–H groups in total. The summed E-state index contributed by atoms with van der Waals surface area (Å²) in [6, 6.07) is 4.97. The third-order valence-corrected chi connectivity index (χ3v) is 2.33. The summed E-state index contributed by atoms with van der Waals surface area (Å²) in [5.74, 6) is -2.15. The largest absolute Gasteiger partial charge is 0.449 e. The Morgan fingerprint density at radius 2 is 1.94 bits per heavy atom. The number of pyridine rings is 1. The third-order valence-electron chi connectivity index (χ3n) is 2.33. The molecule has 0 aliphatic carbocycles. The van der Waals surface area contributed by atoms with E-state index in [2.05, 4.69) is 4.98 Å². The molecule has 0 radical (unpaired) electrons. The minimum Gasteiger partial charge on any atom is -0.449 e. The maximum atomic E-state index is 13.6. The summed E-state index contributed by atoms with van der Waals surface area (Å²) in [6.07, 6.45) is 1.91. The Bertz CT molecular complexity index is 576. The first-order chi connectivity index (χ1) is 8.61. The predicted octanol–water partition coefficient (Wildman–Crippen LogP) is 3.27. The lowest BCUT2D eigenvalue weighted by atomic mass is 10.2. The molecule has 92 valence electrons. The Hall–Kier alpha value is -2.30. The fourth-order valence-corrected chi connectivity index (χ4v) is 1.43. The lowest BCUT2D eigenvalue weighted by molar-refractivity contribution is 0.112. The average molecular weight is 249 g/mol. The van der Waals surface area contributed by atoms with Crippen molar-refractivity contribution in [3.8, 4) is 11.5 Å². The van der Waals surface area contributed by atoms with Crippen LogP contribution in [0.1, 0.15) is 16.1 Å². The van der Waals surface area contributed by atoms with Crippen molar-refractivity contribution in [2.24, 2.45) is 0 Å². The number of nitrogens with zero attached hydrogens (tertiary/aromatic N) is 1. The van der Waals surface area contributed by atoms with Gasteiger partial charge in [-0.3, -0.25) is 9.78 Å². The smallest absolute Gasteiger partial charge is 0.198 e. The number of rotatable bonds is 3. The molecule has 1 aromatic heterocycles. The van der Waals surface area contributed by atoms with Crippen molar-refractivity contribution in [1.82, 2.24) is 4.98 Å². The molecule has 2 rings (SSSR count). The number of ether oxygens (including phenoxy) is 1. The predicted molar refractivity (Wildman–Crippen MR) is 60.8 cm³/mol. The topological polar surface area (TPSA) is 39.2 Å². The highest BCUT2D eigenvalue weighted by Gasteiger charge is 2.14. The van der Waals surface area contributed by atoms with Gasteiger partial charge in [-0.2, -0.15) is 0 Å². The number of benzene rings is 1. The number of aromatic nitrogens is 1. The zero-order valence-electron chi connectivity index (χ0n) is 9.48. The number of aldehydes is 1. The van der Waals surface area contributed by atoms with Crippen LogP contribution in [0.15, 0.2) is 30.5 Å². The van der Waals surface area contributed by atoms with E-state index < -0.39 is 17.4 Å². The molecule has 5 heteroatoms. The molecular weight excluding hydrogens is 240 g/mol. The van der Waals surface area contributed by atoms with Gasteiger partial charge in [-0.15, -0.1) is 0 Å². The second kappa shape index (κ2) is 4.91. The maximum Gasteiger partial charge on any atom is 0.198 e. The van der Waals surface area contributed by atoms with Gasteiger partial charge in [-0.1, -0.05) is 0 Å². The molecule has 18 heavy (non-hydrogen) atoms. The van der Waals surface area contributed by atoms with Crippen LogP contribution in [0, 0.1) is 18.6 Å². The maximum absolute atomic E-state index is 13.6. The van der Waals surface area contributed by atoms with Crippen LogP contribution in [-0.4, -0.2) is 11.3 Å². The van der Waals surface area contributed by atoms with Gasteiger partial charge in [0.2, 0.25) is 0 Å². The van der Waals surface area contributed by atoms with E-state index in [1.165, 1.54) is 0 Å². The molecule has 0 fully saturated rings. The minimum atomic E-state index is -0.930. The molecule has 2 aromatic rings. The molecule has 3 nitrogen and oxygen atoms in total. The van der Waals surface area contributed by atoms with Gasteiger partial charge < -0.3 is 4.74 Å². The van der Waals surface area contributed by atoms with Crippen molar-refractivity contribution < 1.29 is 18.3 Å². The summed E-state index contributed by atoms with van der Waals surface area (Å²) < 4.78 is 32.3. The number of carbonyl (C=O) groups is 1. The van der Waals surface area contributed by atoms with Gasteiger partial charge in [0.15, 0.2) is 17.4 Å². The molecule has 1 heterocycles. The molecule has 0 amide bonds. The summed E-state index contributed by atoms with van der Waals surface area (Å²) in [4.78, 5) is 14.4. The molecule has 0 unspecified atom stereocenters. The Balaban J connectivity index is 2.41. The minimum absolute atomic E-state index is 0.0831.